The van der Waals surface area contributed by atoms with E-state index in [1.807, 2.05) is 18.2 Å². The minimum Gasteiger partial charge on any atom is -0.493 e. The molecule has 0 saturated heterocycles. The third kappa shape index (κ3) is 2.61. The predicted molar refractivity (Wildman–Crippen MR) is 86.8 cm³/mol. The van der Waals surface area contributed by atoms with E-state index in [1.165, 1.54) is 18.2 Å². The minimum absolute atomic E-state index is 0.0620. The first-order chi connectivity index (χ1) is 11.1. The molecule has 0 amide bonds. The van der Waals surface area contributed by atoms with Crippen LogP contribution in [-0.4, -0.2) is 45.3 Å². The molecule has 2 aliphatic rings. The highest BCUT2D eigenvalue weighted by molar-refractivity contribution is 5.90. The van der Waals surface area contributed by atoms with Crippen LogP contribution >= 0.6 is 0 Å². The highest BCUT2D eigenvalue weighted by atomic mass is 16.5. The van der Waals surface area contributed by atoms with E-state index in [1.54, 1.807) is 14.2 Å². The molecule has 1 unspecified atom stereocenters. The van der Waals surface area contributed by atoms with Crippen molar-refractivity contribution in [2.24, 2.45) is 0 Å². The topological polar surface area (TPSA) is 48.0 Å². The van der Waals surface area contributed by atoms with Gasteiger partial charge in [0.2, 0.25) is 0 Å². The van der Waals surface area contributed by atoms with Gasteiger partial charge in [0.25, 0.3) is 0 Å². The lowest BCUT2D eigenvalue weighted by Gasteiger charge is -2.41. The van der Waals surface area contributed by atoms with Gasteiger partial charge in [-0.05, 0) is 41.3 Å². The van der Waals surface area contributed by atoms with Gasteiger partial charge >= 0.3 is 5.97 Å². The van der Waals surface area contributed by atoms with Crippen molar-refractivity contribution in [2.45, 2.75) is 12.5 Å². The molecule has 1 aromatic carbocycles. The Morgan fingerprint density at radius 3 is 2.57 bits per heavy atom. The summed E-state index contributed by atoms with van der Waals surface area (Å²) in [5, 5.41) is 0. The fraction of sp³-hybridized carbons (Fsp3) is 0.389. The van der Waals surface area contributed by atoms with Crippen LogP contribution in [0.1, 0.15) is 17.2 Å². The van der Waals surface area contributed by atoms with Gasteiger partial charge < -0.3 is 14.2 Å². The summed E-state index contributed by atoms with van der Waals surface area (Å²) in [6, 6.07) is 4.12. The number of carbonyl (C=O) groups excluding carboxylic acids is 1. The second-order valence-corrected chi connectivity index (χ2v) is 5.77. The van der Waals surface area contributed by atoms with Crippen LogP contribution in [0.5, 0.6) is 11.5 Å². The summed E-state index contributed by atoms with van der Waals surface area (Å²) in [5.41, 5.74) is 3.95. The lowest BCUT2D eigenvalue weighted by atomic mass is 9.85. The van der Waals surface area contributed by atoms with Crippen LogP contribution in [0.25, 0.3) is 0 Å². The minimum atomic E-state index is -0.289. The Bertz CT molecular complexity index is 693. The molecule has 0 aliphatic carbocycles. The quantitative estimate of drug-likeness (QED) is 0.801. The zero-order chi connectivity index (χ0) is 16.6. The Balaban J connectivity index is 2.03. The fourth-order valence-electron chi connectivity index (χ4n) is 3.42. The van der Waals surface area contributed by atoms with Crippen LogP contribution in [0, 0.1) is 0 Å². The molecule has 122 valence electrons. The lowest BCUT2D eigenvalue weighted by molar-refractivity contribution is -0.136. The molecular weight excluding hydrogens is 294 g/mol. The van der Waals surface area contributed by atoms with E-state index in [0.717, 1.165) is 24.3 Å². The van der Waals surface area contributed by atoms with Crippen LogP contribution < -0.4 is 9.47 Å². The van der Waals surface area contributed by atoms with E-state index in [0.29, 0.717) is 17.9 Å². The van der Waals surface area contributed by atoms with Gasteiger partial charge in [0.15, 0.2) is 11.5 Å². The molecule has 0 bridgehead atoms. The molecular formula is C18H21NO4. The van der Waals surface area contributed by atoms with Gasteiger partial charge in [0.05, 0.1) is 32.9 Å². The lowest BCUT2D eigenvalue weighted by Crippen LogP contribution is -2.41. The molecule has 23 heavy (non-hydrogen) atoms. The van der Waals surface area contributed by atoms with Gasteiger partial charge in [-0.1, -0.05) is 6.58 Å². The van der Waals surface area contributed by atoms with Crippen LogP contribution in [0.4, 0.5) is 0 Å². The molecule has 0 aromatic heterocycles. The summed E-state index contributed by atoms with van der Waals surface area (Å²) < 4.78 is 15.7. The second kappa shape index (κ2) is 6.08. The van der Waals surface area contributed by atoms with Crippen LogP contribution in [0.15, 0.2) is 35.9 Å². The van der Waals surface area contributed by atoms with Crippen molar-refractivity contribution in [3.8, 4) is 11.5 Å². The molecule has 2 heterocycles. The Morgan fingerprint density at radius 1 is 1.22 bits per heavy atom. The molecule has 0 radical (unpaired) electrons. The number of esters is 1. The molecule has 5 nitrogen and oxygen atoms in total. The summed E-state index contributed by atoms with van der Waals surface area (Å²) >= 11 is 0. The van der Waals surface area contributed by atoms with Gasteiger partial charge in [0, 0.05) is 13.1 Å². The van der Waals surface area contributed by atoms with Crippen LogP contribution in [-0.2, 0) is 16.0 Å². The van der Waals surface area contributed by atoms with E-state index in [-0.39, 0.29) is 12.0 Å². The van der Waals surface area contributed by atoms with E-state index >= 15 is 0 Å². The molecule has 0 N–H and O–H groups in total. The molecule has 0 spiro atoms. The predicted octanol–water partition coefficient (Wildman–Crippen LogP) is 2.27. The first-order valence-corrected chi connectivity index (χ1v) is 7.55. The number of rotatable bonds is 3. The Labute approximate surface area is 136 Å². The van der Waals surface area contributed by atoms with Crippen molar-refractivity contribution in [1.82, 2.24) is 4.90 Å². The summed E-state index contributed by atoms with van der Waals surface area (Å²) in [6.45, 7) is 5.60. The van der Waals surface area contributed by atoms with E-state index in [2.05, 4.69) is 11.5 Å². The molecule has 1 atom stereocenters. The largest absolute Gasteiger partial charge is 0.493 e. The third-order valence-corrected chi connectivity index (χ3v) is 4.51. The van der Waals surface area contributed by atoms with E-state index in [9.17, 15) is 4.79 Å². The van der Waals surface area contributed by atoms with E-state index in [4.69, 9.17) is 14.2 Å². The second-order valence-electron chi connectivity index (χ2n) is 5.77. The number of carbonyl (C=O) groups is 1. The summed E-state index contributed by atoms with van der Waals surface area (Å²) in [7, 11) is 4.68. The van der Waals surface area contributed by atoms with Gasteiger partial charge in [-0.2, -0.15) is 0 Å². The Kier molecular flexibility index (Phi) is 4.13. The van der Waals surface area contributed by atoms with Gasteiger partial charge in [-0.25, -0.2) is 4.79 Å². The normalized spacial score (nSPS) is 20.2. The zero-order valence-corrected chi connectivity index (χ0v) is 13.7. The van der Waals surface area contributed by atoms with Crippen molar-refractivity contribution in [1.29, 1.82) is 0 Å². The highest BCUT2D eigenvalue weighted by Gasteiger charge is 2.34. The van der Waals surface area contributed by atoms with E-state index < -0.39 is 0 Å². The molecule has 2 aliphatic heterocycles. The van der Waals surface area contributed by atoms with Crippen molar-refractivity contribution in [3.63, 3.8) is 0 Å². The van der Waals surface area contributed by atoms with Gasteiger partial charge in [-0.15, -0.1) is 0 Å². The van der Waals surface area contributed by atoms with Crippen LogP contribution in [0.2, 0.25) is 0 Å². The number of fused-ring (bicyclic) bond motifs is 3. The highest BCUT2D eigenvalue weighted by Crippen LogP contribution is 2.42. The molecule has 1 aromatic rings. The van der Waals surface area contributed by atoms with Gasteiger partial charge in [-0.3, -0.25) is 4.90 Å². The maximum absolute atomic E-state index is 11.8. The number of ether oxygens (including phenoxy) is 3. The fourth-order valence-corrected chi connectivity index (χ4v) is 3.42. The molecule has 0 saturated carbocycles. The molecule has 0 fully saturated rings. The number of nitrogens with zero attached hydrogens (tertiary/aromatic N) is 1. The van der Waals surface area contributed by atoms with Crippen molar-refractivity contribution in [2.75, 3.05) is 34.4 Å². The standard InChI is InChI=1S/C18H21NO4/c1-11-7-13(18(20)23-4)10-19-6-5-12-8-15(21-2)16(22-3)9-14(12)17(11)19/h7-9,17H,1,5-6,10H2,2-4H3. The molecule has 3 rings (SSSR count). The maximum atomic E-state index is 11.8. The van der Waals surface area contributed by atoms with Crippen molar-refractivity contribution >= 4 is 5.97 Å². The third-order valence-electron chi connectivity index (χ3n) is 4.51. The Hall–Kier alpha value is -2.27. The van der Waals surface area contributed by atoms with Crippen LogP contribution in [0.3, 0.4) is 0 Å². The maximum Gasteiger partial charge on any atom is 0.335 e. The smallest absolute Gasteiger partial charge is 0.335 e. The van der Waals surface area contributed by atoms with Crippen molar-refractivity contribution in [3.05, 3.63) is 47.1 Å². The average Bonchev–Trinajstić information content (AvgIpc) is 2.58. The average molecular weight is 315 g/mol. The monoisotopic (exact) mass is 315 g/mol. The molecule has 5 heteroatoms. The SMILES string of the molecule is C=C1C=C(C(=O)OC)CN2CCc3cc(OC)c(OC)cc3C12. The van der Waals surface area contributed by atoms with Crippen molar-refractivity contribution < 1.29 is 19.0 Å². The summed E-state index contributed by atoms with van der Waals surface area (Å²) in [5.74, 6) is 1.17. The number of hydrogen-bond donors (Lipinski definition) is 0. The first-order valence-electron chi connectivity index (χ1n) is 7.55. The Morgan fingerprint density at radius 2 is 1.91 bits per heavy atom. The summed E-state index contributed by atoms with van der Waals surface area (Å²) in [6.07, 6.45) is 2.74. The van der Waals surface area contributed by atoms with Gasteiger partial charge in [0.1, 0.15) is 0 Å². The summed E-state index contributed by atoms with van der Waals surface area (Å²) in [4.78, 5) is 14.1. The zero-order valence-electron chi connectivity index (χ0n) is 13.7. The number of benzene rings is 1. The number of hydrogen-bond acceptors (Lipinski definition) is 5. The number of methoxy groups -OCH3 is 3. The first kappa shape index (κ1) is 15.6.